The molecule has 3 aromatic rings. The molecule has 21 heavy (non-hydrogen) atoms. The quantitative estimate of drug-likeness (QED) is 0.768. The van der Waals surface area contributed by atoms with Crippen LogP contribution < -0.4 is 5.32 Å². The third-order valence-corrected chi connectivity index (χ3v) is 3.36. The second-order valence-electron chi connectivity index (χ2n) is 4.91. The normalized spacial score (nSPS) is 11.0. The molecule has 3 heterocycles. The molecule has 0 spiro atoms. The molecule has 0 saturated carbocycles. The van der Waals surface area contributed by atoms with Crippen molar-refractivity contribution in [1.82, 2.24) is 24.8 Å². The number of fused-ring (bicyclic) bond motifs is 1. The summed E-state index contributed by atoms with van der Waals surface area (Å²) in [6.45, 7) is 5.83. The molecule has 0 aliphatic carbocycles. The Morgan fingerprint density at radius 2 is 2.19 bits per heavy atom. The van der Waals surface area contributed by atoms with Crippen LogP contribution in [0, 0.1) is 13.8 Å². The van der Waals surface area contributed by atoms with Crippen molar-refractivity contribution in [3.63, 3.8) is 0 Å². The smallest absolute Gasteiger partial charge is 0.262 e. The van der Waals surface area contributed by atoms with E-state index >= 15 is 0 Å². The first-order valence-electron chi connectivity index (χ1n) is 6.75. The van der Waals surface area contributed by atoms with Gasteiger partial charge in [0.05, 0.1) is 12.4 Å². The van der Waals surface area contributed by atoms with E-state index in [0.29, 0.717) is 17.0 Å². The van der Waals surface area contributed by atoms with Crippen LogP contribution in [0.15, 0.2) is 18.5 Å². The molecule has 3 aromatic heterocycles. The van der Waals surface area contributed by atoms with Crippen LogP contribution in [0.3, 0.4) is 0 Å². The van der Waals surface area contributed by atoms with Crippen LogP contribution in [0.2, 0.25) is 0 Å². The molecule has 0 aliphatic heterocycles. The van der Waals surface area contributed by atoms with Crippen LogP contribution in [0.5, 0.6) is 0 Å². The van der Waals surface area contributed by atoms with Gasteiger partial charge < -0.3 is 5.32 Å². The zero-order chi connectivity index (χ0) is 15.0. The minimum absolute atomic E-state index is 0.249. The van der Waals surface area contributed by atoms with Gasteiger partial charge >= 0.3 is 0 Å². The highest BCUT2D eigenvalue weighted by Gasteiger charge is 2.17. The Morgan fingerprint density at radius 1 is 1.38 bits per heavy atom. The Kier molecular flexibility index (Phi) is 3.17. The Hall–Kier alpha value is -2.70. The van der Waals surface area contributed by atoms with E-state index in [0.717, 1.165) is 23.4 Å². The van der Waals surface area contributed by atoms with Gasteiger partial charge in [0.15, 0.2) is 5.65 Å². The molecule has 0 atom stereocenters. The molecule has 0 fully saturated rings. The van der Waals surface area contributed by atoms with Gasteiger partial charge in [-0.05, 0) is 26.3 Å². The van der Waals surface area contributed by atoms with Crippen molar-refractivity contribution < 1.29 is 4.79 Å². The first-order chi connectivity index (χ1) is 10.1. The summed E-state index contributed by atoms with van der Waals surface area (Å²) in [5, 5.41) is 13.8. The molecule has 1 amide bonds. The minimum Gasteiger partial charge on any atom is -0.307 e. The van der Waals surface area contributed by atoms with E-state index in [1.165, 1.54) is 6.20 Å². The topological polar surface area (TPSA) is 88.0 Å². The zero-order valence-electron chi connectivity index (χ0n) is 12.1. The first kappa shape index (κ1) is 13.3. The van der Waals surface area contributed by atoms with E-state index < -0.39 is 0 Å². The summed E-state index contributed by atoms with van der Waals surface area (Å²) >= 11 is 0. The summed E-state index contributed by atoms with van der Waals surface area (Å²) in [5.74, 6) is 0.368. The molecule has 108 valence electrons. The minimum atomic E-state index is -0.249. The highest BCUT2D eigenvalue weighted by atomic mass is 16.1. The lowest BCUT2D eigenvalue weighted by atomic mass is 10.2. The van der Waals surface area contributed by atoms with Crippen molar-refractivity contribution in [3.05, 3.63) is 41.0 Å². The van der Waals surface area contributed by atoms with Gasteiger partial charge in [-0.25, -0.2) is 9.50 Å². The van der Waals surface area contributed by atoms with Gasteiger partial charge in [-0.2, -0.15) is 10.2 Å². The van der Waals surface area contributed by atoms with Crippen LogP contribution in [-0.4, -0.2) is 30.7 Å². The Balaban J connectivity index is 1.99. The van der Waals surface area contributed by atoms with Gasteiger partial charge in [-0.15, -0.1) is 0 Å². The molecular formula is C14H16N6O. The zero-order valence-corrected chi connectivity index (χ0v) is 12.1. The van der Waals surface area contributed by atoms with E-state index in [4.69, 9.17) is 0 Å². The molecular weight excluding hydrogens is 268 g/mol. The van der Waals surface area contributed by atoms with E-state index in [2.05, 4.69) is 25.6 Å². The van der Waals surface area contributed by atoms with Crippen LogP contribution >= 0.6 is 0 Å². The largest absolute Gasteiger partial charge is 0.307 e. The summed E-state index contributed by atoms with van der Waals surface area (Å²) in [5.41, 5.74) is 3.75. The van der Waals surface area contributed by atoms with Crippen LogP contribution in [0.1, 0.15) is 34.2 Å². The number of rotatable bonds is 3. The number of aryl methyl sites for hydroxylation is 3. The third kappa shape index (κ3) is 2.26. The van der Waals surface area contributed by atoms with Gasteiger partial charge in [-0.3, -0.25) is 9.89 Å². The monoisotopic (exact) mass is 284 g/mol. The summed E-state index contributed by atoms with van der Waals surface area (Å²) < 4.78 is 1.66. The van der Waals surface area contributed by atoms with Crippen molar-refractivity contribution in [3.8, 4) is 0 Å². The lowest BCUT2D eigenvalue weighted by Gasteiger charge is -2.04. The number of aromatic amines is 1. The lowest BCUT2D eigenvalue weighted by molar-refractivity contribution is 0.102. The number of hydrogen-bond donors (Lipinski definition) is 2. The standard InChI is InChI=1S/C14H16N6O/c1-4-10-6-15-19-12(10)18-14(21)11-7-16-20-9(3)5-8(2)17-13(11)20/h5-7H,4H2,1-3H3,(H2,15,18,19,21). The highest BCUT2D eigenvalue weighted by molar-refractivity contribution is 6.08. The maximum absolute atomic E-state index is 12.4. The number of anilines is 1. The second kappa shape index (κ2) is 5.01. The third-order valence-electron chi connectivity index (χ3n) is 3.36. The molecule has 0 aliphatic rings. The SMILES string of the molecule is CCc1cn[nH]c1NC(=O)c1cnn2c(C)cc(C)nc12. The predicted molar refractivity (Wildman–Crippen MR) is 78.4 cm³/mol. The van der Waals surface area contributed by atoms with Gasteiger partial charge in [0, 0.05) is 17.0 Å². The fraction of sp³-hybridized carbons (Fsp3) is 0.286. The highest BCUT2D eigenvalue weighted by Crippen LogP contribution is 2.16. The number of carbonyl (C=O) groups is 1. The van der Waals surface area contributed by atoms with Crippen molar-refractivity contribution >= 4 is 17.4 Å². The lowest BCUT2D eigenvalue weighted by Crippen LogP contribution is -2.13. The second-order valence-corrected chi connectivity index (χ2v) is 4.91. The predicted octanol–water partition coefficient (Wildman–Crippen LogP) is 1.88. The van der Waals surface area contributed by atoms with E-state index in [9.17, 15) is 4.79 Å². The molecule has 2 N–H and O–H groups in total. The van der Waals surface area contributed by atoms with Crippen molar-refractivity contribution in [2.24, 2.45) is 0 Å². The van der Waals surface area contributed by atoms with Crippen LogP contribution in [-0.2, 0) is 6.42 Å². The van der Waals surface area contributed by atoms with Gasteiger partial charge in [0.1, 0.15) is 11.4 Å². The number of nitrogens with one attached hydrogen (secondary N) is 2. The molecule has 3 rings (SSSR count). The maximum atomic E-state index is 12.4. The van der Waals surface area contributed by atoms with Gasteiger partial charge in [0.2, 0.25) is 0 Å². The summed E-state index contributed by atoms with van der Waals surface area (Å²) in [6.07, 6.45) is 4.03. The fourth-order valence-corrected chi connectivity index (χ4v) is 2.30. The molecule has 0 bridgehead atoms. The van der Waals surface area contributed by atoms with E-state index in [1.807, 2.05) is 26.8 Å². The van der Waals surface area contributed by atoms with Crippen molar-refractivity contribution in [2.45, 2.75) is 27.2 Å². The van der Waals surface area contributed by atoms with Gasteiger partial charge in [0.25, 0.3) is 5.91 Å². The average Bonchev–Trinajstić information content (AvgIpc) is 3.04. The maximum Gasteiger partial charge on any atom is 0.262 e. The molecule has 0 saturated heterocycles. The molecule has 0 radical (unpaired) electrons. The number of H-pyrrole nitrogens is 1. The summed E-state index contributed by atoms with van der Waals surface area (Å²) in [6, 6.07) is 1.92. The molecule has 7 heteroatoms. The van der Waals surface area contributed by atoms with E-state index in [1.54, 1.807) is 10.7 Å². The molecule has 0 unspecified atom stereocenters. The Labute approximate surface area is 121 Å². The van der Waals surface area contributed by atoms with Crippen molar-refractivity contribution in [1.29, 1.82) is 0 Å². The number of amides is 1. The van der Waals surface area contributed by atoms with Crippen LogP contribution in [0.25, 0.3) is 5.65 Å². The Bertz CT molecular complexity index is 816. The fourth-order valence-electron chi connectivity index (χ4n) is 2.30. The number of aromatic nitrogens is 5. The van der Waals surface area contributed by atoms with E-state index in [-0.39, 0.29) is 5.91 Å². The van der Waals surface area contributed by atoms with Crippen molar-refractivity contribution in [2.75, 3.05) is 5.32 Å². The molecule has 7 nitrogen and oxygen atoms in total. The number of hydrogen-bond acceptors (Lipinski definition) is 4. The molecule has 0 aromatic carbocycles. The Morgan fingerprint density at radius 3 is 2.95 bits per heavy atom. The van der Waals surface area contributed by atoms with Gasteiger partial charge in [-0.1, -0.05) is 6.92 Å². The van der Waals surface area contributed by atoms with Crippen LogP contribution in [0.4, 0.5) is 5.82 Å². The summed E-state index contributed by atoms with van der Waals surface area (Å²) in [4.78, 5) is 16.8. The first-order valence-corrected chi connectivity index (χ1v) is 6.75. The average molecular weight is 284 g/mol. The summed E-state index contributed by atoms with van der Waals surface area (Å²) in [7, 11) is 0. The number of carbonyl (C=O) groups excluding carboxylic acids is 1. The number of nitrogens with zero attached hydrogens (tertiary/aromatic N) is 4.